The minimum atomic E-state index is -0.409. The van der Waals surface area contributed by atoms with Crippen molar-refractivity contribution in [2.45, 2.75) is 40.2 Å². The highest BCUT2D eigenvalue weighted by Crippen LogP contribution is 2.28. The van der Waals surface area contributed by atoms with Crippen molar-refractivity contribution < 1.29 is 4.79 Å². The Labute approximate surface area is 213 Å². The highest BCUT2D eigenvalue weighted by atomic mass is 79.9. The molecule has 0 saturated heterocycles. The average Bonchev–Trinajstić information content (AvgIpc) is 2.84. The van der Waals surface area contributed by atoms with Crippen LogP contribution in [0.5, 0.6) is 0 Å². The van der Waals surface area contributed by atoms with E-state index in [1.165, 1.54) is 0 Å². The maximum absolute atomic E-state index is 13.8. The monoisotopic (exact) mass is 532 g/mol. The fourth-order valence-electron chi connectivity index (χ4n) is 4.44. The number of carbonyl (C=O) groups is 1. The van der Waals surface area contributed by atoms with Gasteiger partial charge in [-0.15, -0.1) is 0 Å². The van der Waals surface area contributed by atoms with Gasteiger partial charge in [-0.05, 0) is 75.2 Å². The van der Waals surface area contributed by atoms with Crippen LogP contribution in [0.1, 0.15) is 43.3 Å². The molecule has 0 bridgehead atoms. The van der Waals surface area contributed by atoms with E-state index >= 15 is 0 Å². The lowest BCUT2D eigenvalue weighted by Gasteiger charge is -2.31. The van der Waals surface area contributed by atoms with E-state index in [0.29, 0.717) is 35.4 Å². The normalized spacial score (nSPS) is 11.9. The fourth-order valence-corrected chi connectivity index (χ4v) is 4.70. The molecule has 0 aliphatic rings. The molecule has 1 unspecified atom stereocenters. The summed E-state index contributed by atoms with van der Waals surface area (Å²) in [6.45, 7) is 8.42. The van der Waals surface area contributed by atoms with Gasteiger partial charge < -0.3 is 10.2 Å². The third-order valence-electron chi connectivity index (χ3n) is 6.15. The highest BCUT2D eigenvalue weighted by Gasteiger charge is 2.28. The predicted octanol–water partition coefficient (Wildman–Crippen LogP) is 6.77. The molecule has 1 N–H and O–H groups in total. The van der Waals surface area contributed by atoms with Crippen molar-refractivity contribution in [3.05, 3.63) is 98.5 Å². The number of rotatable bonds is 6. The number of halogens is 1. The smallest absolute Gasteiger partial charge is 0.315 e. The minimum Gasteiger partial charge on any atom is -0.315 e. The van der Waals surface area contributed by atoms with Crippen molar-refractivity contribution in [2.24, 2.45) is 0 Å². The van der Waals surface area contributed by atoms with E-state index in [4.69, 9.17) is 4.98 Å². The van der Waals surface area contributed by atoms with E-state index in [2.05, 4.69) is 27.3 Å². The summed E-state index contributed by atoms with van der Waals surface area (Å²) in [5.41, 5.74) is 4.05. The molecule has 180 valence electrons. The third kappa shape index (κ3) is 5.00. The molecule has 0 radical (unpaired) electrons. The Balaban J connectivity index is 1.87. The molecule has 0 spiro atoms. The van der Waals surface area contributed by atoms with E-state index in [-0.39, 0.29) is 11.6 Å². The molecule has 1 aromatic heterocycles. The molecule has 2 amide bonds. The number of aryl methyl sites for hydroxylation is 2. The second-order valence-electron chi connectivity index (χ2n) is 8.56. The zero-order valence-electron chi connectivity index (χ0n) is 20.4. The molecule has 7 heteroatoms. The van der Waals surface area contributed by atoms with Crippen molar-refractivity contribution >= 4 is 38.6 Å². The van der Waals surface area contributed by atoms with E-state index in [0.717, 1.165) is 21.3 Å². The molecule has 4 aromatic rings. The van der Waals surface area contributed by atoms with Crippen molar-refractivity contribution in [3.8, 4) is 5.69 Å². The van der Waals surface area contributed by atoms with E-state index in [1.807, 2.05) is 82.3 Å². The number of fused-ring (bicyclic) bond motifs is 1. The number of amides is 2. The van der Waals surface area contributed by atoms with Gasteiger partial charge in [-0.1, -0.05) is 52.7 Å². The molecular formula is C28H29BrN4O2. The SMILES string of the molecule is CCC(c1nc2ccccc2c(=O)n1-c1ccc(C)cc1C)N(CC)C(=O)Nc1ccc(Br)cc1. The van der Waals surface area contributed by atoms with Crippen LogP contribution in [0.25, 0.3) is 16.6 Å². The van der Waals surface area contributed by atoms with Crippen LogP contribution in [0, 0.1) is 13.8 Å². The number of urea groups is 1. The number of nitrogens with one attached hydrogen (secondary N) is 1. The van der Waals surface area contributed by atoms with Crippen LogP contribution in [0.2, 0.25) is 0 Å². The number of anilines is 1. The van der Waals surface area contributed by atoms with Gasteiger partial charge in [-0.25, -0.2) is 9.78 Å². The molecule has 3 aromatic carbocycles. The van der Waals surface area contributed by atoms with Crippen LogP contribution < -0.4 is 10.9 Å². The number of para-hydroxylation sites is 1. The Kier molecular flexibility index (Phi) is 7.36. The second-order valence-corrected chi connectivity index (χ2v) is 9.48. The topological polar surface area (TPSA) is 67.2 Å². The molecule has 1 atom stereocenters. The van der Waals surface area contributed by atoms with E-state index < -0.39 is 6.04 Å². The van der Waals surface area contributed by atoms with Gasteiger partial charge in [0, 0.05) is 16.7 Å². The Hall–Kier alpha value is -3.45. The van der Waals surface area contributed by atoms with E-state index in [9.17, 15) is 9.59 Å². The first-order chi connectivity index (χ1) is 16.8. The lowest BCUT2D eigenvalue weighted by molar-refractivity contribution is 0.185. The molecule has 0 saturated carbocycles. The van der Waals surface area contributed by atoms with Crippen molar-refractivity contribution in [1.29, 1.82) is 0 Å². The quantitative estimate of drug-likeness (QED) is 0.298. The fraction of sp³-hybridized carbons (Fsp3) is 0.250. The Morgan fingerprint density at radius 1 is 1.06 bits per heavy atom. The lowest BCUT2D eigenvalue weighted by Crippen LogP contribution is -2.40. The summed E-state index contributed by atoms with van der Waals surface area (Å²) < 4.78 is 2.62. The number of nitrogens with zero attached hydrogens (tertiary/aromatic N) is 3. The minimum absolute atomic E-state index is 0.139. The maximum Gasteiger partial charge on any atom is 0.322 e. The summed E-state index contributed by atoms with van der Waals surface area (Å²) >= 11 is 3.42. The second kappa shape index (κ2) is 10.4. The Morgan fingerprint density at radius 3 is 2.43 bits per heavy atom. The number of hydrogen-bond acceptors (Lipinski definition) is 3. The number of carbonyl (C=O) groups excluding carboxylic acids is 1. The maximum atomic E-state index is 13.8. The summed E-state index contributed by atoms with van der Waals surface area (Å²) in [6, 6.07) is 20.2. The van der Waals surface area contributed by atoms with Gasteiger partial charge in [-0.2, -0.15) is 0 Å². The summed E-state index contributed by atoms with van der Waals surface area (Å²) in [5.74, 6) is 0.552. The molecule has 0 aliphatic carbocycles. The largest absolute Gasteiger partial charge is 0.322 e. The van der Waals surface area contributed by atoms with Gasteiger partial charge in [0.15, 0.2) is 0 Å². The van der Waals surface area contributed by atoms with Crippen LogP contribution in [0.15, 0.2) is 76.0 Å². The molecule has 0 fully saturated rings. The van der Waals surface area contributed by atoms with Gasteiger partial charge >= 0.3 is 6.03 Å². The van der Waals surface area contributed by atoms with Crippen LogP contribution in [-0.2, 0) is 0 Å². The van der Waals surface area contributed by atoms with Gasteiger partial charge in [0.25, 0.3) is 5.56 Å². The number of hydrogen-bond donors (Lipinski definition) is 1. The first-order valence-electron chi connectivity index (χ1n) is 11.8. The number of aromatic nitrogens is 2. The molecule has 4 rings (SSSR count). The van der Waals surface area contributed by atoms with Gasteiger partial charge in [-0.3, -0.25) is 9.36 Å². The molecule has 35 heavy (non-hydrogen) atoms. The third-order valence-corrected chi connectivity index (χ3v) is 6.68. The number of benzene rings is 3. The van der Waals surface area contributed by atoms with Crippen LogP contribution in [0.3, 0.4) is 0 Å². The first-order valence-corrected chi connectivity index (χ1v) is 12.6. The van der Waals surface area contributed by atoms with Gasteiger partial charge in [0.05, 0.1) is 22.6 Å². The predicted molar refractivity (Wildman–Crippen MR) is 145 cm³/mol. The summed E-state index contributed by atoms with van der Waals surface area (Å²) in [7, 11) is 0. The first kappa shape index (κ1) is 24.7. The van der Waals surface area contributed by atoms with Crippen LogP contribution >= 0.6 is 15.9 Å². The molecule has 1 heterocycles. The average molecular weight is 533 g/mol. The molecule has 0 aliphatic heterocycles. The zero-order valence-corrected chi connectivity index (χ0v) is 22.0. The standard InChI is InChI=1S/C28H29BrN4O2/c1-5-24(32(6-2)28(35)30-21-14-12-20(29)13-15-21)26-31-23-10-8-7-9-22(23)27(34)33(26)25-16-11-18(3)17-19(25)4/h7-17,24H,5-6H2,1-4H3,(H,30,35). The van der Waals surface area contributed by atoms with Crippen LogP contribution in [0.4, 0.5) is 10.5 Å². The van der Waals surface area contributed by atoms with Gasteiger partial charge in [0.2, 0.25) is 0 Å². The van der Waals surface area contributed by atoms with Crippen molar-refractivity contribution in [3.63, 3.8) is 0 Å². The Bertz CT molecular complexity index is 1430. The summed E-state index contributed by atoms with van der Waals surface area (Å²) in [4.78, 5) is 33.9. The Morgan fingerprint density at radius 2 is 1.77 bits per heavy atom. The van der Waals surface area contributed by atoms with Crippen molar-refractivity contribution in [2.75, 3.05) is 11.9 Å². The van der Waals surface area contributed by atoms with E-state index in [1.54, 1.807) is 15.5 Å². The van der Waals surface area contributed by atoms with Crippen molar-refractivity contribution in [1.82, 2.24) is 14.5 Å². The summed E-state index contributed by atoms with van der Waals surface area (Å²) in [6.07, 6.45) is 0.595. The lowest BCUT2D eigenvalue weighted by atomic mass is 10.1. The zero-order chi connectivity index (χ0) is 25.1. The highest BCUT2D eigenvalue weighted by molar-refractivity contribution is 9.10. The van der Waals surface area contributed by atoms with Crippen LogP contribution in [-0.4, -0.2) is 27.0 Å². The summed E-state index contributed by atoms with van der Waals surface area (Å²) in [5, 5.41) is 3.54. The van der Waals surface area contributed by atoms with Gasteiger partial charge in [0.1, 0.15) is 5.82 Å². The molecular weight excluding hydrogens is 504 g/mol. The molecule has 6 nitrogen and oxygen atoms in total.